The van der Waals surface area contributed by atoms with Crippen LogP contribution in [0.2, 0.25) is 0 Å². The van der Waals surface area contributed by atoms with E-state index in [1.165, 1.54) is 13.8 Å². The molecule has 20 heavy (non-hydrogen) atoms. The second kappa shape index (κ2) is 5.43. The Morgan fingerprint density at radius 2 is 1.80 bits per heavy atom. The van der Waals surface area contributed by atoms with Crippen molar-refractivity contribution in [3.63, 3.8) is 0 Å². The van der Waals surface area contributed by atoms with Crippen LogP contribution < -0.4 is 11.1 Å². The number of hydrogen-bond acceptors (Lipinski definition) is 2. The minimum absolute atomic E-state index is 0.184. The van der Waals surface area contributed by atoms with Crippen molar-refractivity contribution < 1.29 is 22.8 Å². The van der Waals surface area contributed by atoms with Gasteiger partial charge >= 0.3 is 6.18 Å². The molecule has 1 rings (SSSR count). The fourth-order valence-corrected chi connectivity index (χ4v) is 1.72. The van der Waals surface area contributed by atoms with E-state index in [1.807, 2.05) is 0 Å². The molecule has 0 fully saturated rings. The molecule has 0 spiro atoms. The summed E-state index contributed by atoms with van der Waals surface area (Å²) < 4.78 is 38.0. The van der Waals surface area contributed by atoms with E-state index in [-0.39, 0.29) is 10.0 Å². The molecule has 0 aromatic heterocycles. The number of rotatable bonds is 3. The Bertz CT molecular complexity index is 556. The molecule has 0 heterocycles. The number of hydrogen-bond donors (Lipinski definition) is 2. The third-order valence-corrected chi connectivity index (χ3v) is 3.27. The van der Waals surface area contributed by atoms with E-state index in [0.717, 1.165) is 12.1 Å². The molecule has 2 amide bonds. The van der Waals surface area contributed by atoms with Crippen LogP contribution in [0.15, 0.2) is 22.7 Å². The van der Waals surface area contributed by atoms with Gasteiger partial charge in [-0.05, 0) is 48.0 Å². The highest BCUT2D eigenvalue weighted by atomic mass is 79.9. The average molecular weight is 353 g/mol. The Hall–Kier alpha value is -1.57. The number of alkyl halides is 3. The van der Waals surface area contributed by atoms with Gasteiger partial charge in [-0.2, -0.15) is 13.2 Å². The van der Waals surface area contributed by atoms with E-state index in [2.05, 4.69) is 21.2 Å². The molecule has 1 aromatic rings. The summed E-state index contributed by atoms with van der Waals surface area (Å²) in [7, 11) is 0. The highest BCUT2D eigenvalue weighted by molar-refractivity contribution is 9.10. The molecular formula is C12H12BrF3N2O2. The van der Waals surface area contributed by atoms with Crippen molar-refractivity contribution in [3.8, 4) is 0 Å². The summed E-state index contributed by atoms with van der Waals surface area (Å²) in [5, 5.41) is 2.28. The first-order valence-corrected chi connectivity index (χ1v) is 6.23. The van der Waals surface area contributed by atoms with Crippen LogP contribution in [0.1, 0.15) is 29.8 Å². The van der Waals surface area contributed by atoms with Gasteiger partial charge in [-0.15, -0.1) is 0 Å². The zero-order valence-electron chi connectivity index (χ0n) is 10.6. The highest BCUT2D eigenvalue weighted by Crippen LogP contribution is 2.32. The van der Waals surface area contributed by atoms with Gasteiger partial charge in [0.05, 0.1) is 11.1 Å². The zero-order chi connectivity index (χ0) is 15.7. The Balaban J connectivity index is 3.14. The fraction of sp³-hybridized carbons (Fsp3) is 0.333. The SMILES string of the molecule is CC(C)(NC(=O)c1cc(C(F)(F)F)ccc1Br)C(N)=O. The van der Waals surface area contributed by atoms with Crippen molar-refractivity contribution in [2.24, 2.45) is 5.73 Å². The summed E-state index contributed by atoms with van der Waals surface area (Å²) in [4.78, 5) is 23.1. The number of halogens is 4. The van der Waals surface area contributed by atoms with E-state index in [9.17, 15) is 22.8 Å². The van der Waals surface area contributed by atoms with E-state index in [1.54, 1.807) is 0 Å². The number of nitrogens with one attached hydrogen (secondary N) is 1. The Morgan fingerprint density at radius 3 is 2.25 bits per heavy atom. The summed E-state index contributed by atoms with van der Waals surface area (Å²) in [6.45, 7) is 2.71. The second-order valence-corrected chi connectivity index (χ2v) is 5.49. The van der Waals surface area contributed by atoms with Crippen molar-refractivity contribution >= 4 is 27.7 Å². The second-order valence-electron chi connectivity index (χ2n) is 4.64. The lowest BCUT2D eigenvalue weighted by Crippen LogP contribution is -2.53. The topological polar surface area (TPSA) is 72.2 Å². The number of primary amides is 1. The molecule has 0 saturated carbocycles. The molecule has 110 valence electrons. The standard InChI is InChI=1S/C12H12BrF3N2O2/c1-11(2,10(17)20)18-9(19)7-5-6(12(14,15)16)3-4-8(7)13/h3-5H,1-2H3,(H2,17,20)(H,18,19). The van der Waals surface area contributed by atoms with Gasteiger partial charge in [0.1, 0.15) is 5.54 Å². The molecule has 4 nitrogen and oxygen atoms in total. The smallest absolute Gasteiger partial charge is 0.368 e. The highest BCUT2D eigenvalue weighted by Gasteiger charge is 2.33. The maximum absolute atomic E-state index is 12.6. The maximum atomic E-state index is 12.6. The van der Waals surface area contributed by atoms with Gasteiger partial charge in [0.25, 0.3) is 5.91 Å². The van der Waals surface area contributed by atoms with Crippen LogP contribution in [-0.4, -0.2) is 17.4 Å². The van der Waals surface area contributed by atoms with E-state index in [0.29, 0.717) is 6.07 Å². The summed E-state index contributed by atoms with van der Waals surface area (Å²) in [5.74, 6) is -1.62. The molecule has 0 unspecified atom stereocenters. The van der Waals surface area contributed by atoms with Crippen LogP contribution in [-0.2, 0) is 11.0 Å². The summed E-state index contributed by atoms with van der Waals surface area (Å²) in [6, 6.07) is 2.67. The molecule has 0 saturated heterocycles. The normalized spacial score (nSPS) is 12.1. The van der Waals surface area contributed by atoms with Crippen LogP contribution in [0, 0.1) is 0 Å². The zero-order valence-corrected chi connectivity index (χ0v) is 12.2. The molecule has 1 aromatic carbocycles. The third-order valence-electron chi connectivity index (χ3n) is 2.58. The molecular weight excluding hydrogens is 341 g/mol. The minimum atomic E-state index is -4.56. The Morgan fingerprint density at radius 1 is 1.25 bits per heavy atom. The number of amides is 2. The molecule has 0 aliphatic heterocycles. The van der Waals surface area contributed by atoms with Crippen molar-refractivity contribution in [2.45, 2.75) is 25.6 Å². The first-order valence-electron chi connectivity index (χ1n) is 5.44. The minimum Gasteiger partial charge on any atom is -0.368 e. The molecule has 0 radical (unpaired) electrons. The molecule has 0 aliphatic carbocycles. The van der Waals surface area contributed by atoms with Crippen molar-refractivity contribution in [3.05, 3.63) is 33.8 Å². The van der Waals surface area contributed by atoms with E-state index < -0.39 is 29.1 Å². The van der Waals surface area contributed by atoms with Gasteiger partial charge in [0.2, 0.25) is 5.91 Å². The van der Waals surface area contributed by atoms with E-state index in [4.69, 9.17) is 5.73 Å². The summed E-state index contributed by atoms with van der Waals surface area (Å²) >= 11 is 3.00. The summed E-state index contributed by atoms with van der Waals surface area (Å²) in [5.41, 5.74) is 2.53. The summed E-state index contributed by atoms with van der Waals surface area (Å²) in [6.07, 6.45) is -4.56. The maximum Gasteiger partial charge on any atom is 0.416 e. The van der Waals surface area contributed by atoms with Crippen LogP contribution in [0.5, 0.6) is 0 Å². The lowest BCUT2D eigenvalue weighted by atomic mass is 10.0. The quantitative estimate of drug-likeness (QED) is 0.876. The van der Waals surface area contributed by atoms with Crippen LogP contribution in [0.3, 0.4) is 0 Å². The molecule has 3 N–H and O–H groups in total. The van der Waals surface area contributed by atoms with Crippen LogP contribution in [0.25, 0.3) is 0 Å². The Labute approximate surface area is 121 Å². The number of carbonyl (C=O) groups excluding carboxylic acids is 2. The third kappa shape index (κ3) is 3.72. The lowest BCUT2D eigenvalue weighted by molar-refractivity contribution is -0.137. The van der Waals surface area contributed by atoms with E-state index >= 15 is 0 Å². The van der Waals surface area contributed by atoms with Crippen molar-refractivity contribution in [2.75, 3.05) is 0 Å². The molecule has 8 heteroatoms. The van der Waals surface area contributed by atoms with Gasteiger partial charge in [-0.3, -0.25) is 9.59 Å². The largest absolute Gasteiger partial charge is 0.416 e. The number of benzene rings is 1. The first-order chi connectivity index (χ1) is 8.95. The first kappa shape index (κ1) is 16.5. The van der Waals surface area contributed by atoms with Gasteiger partial charge in [-0.25, -0.2) is 0 Å². The number of nitrogens with two attached hydrogens (primary N) is 1. The number of carbonyl (C=O) groups is 2. The van der Waals surface area contributed by atoms with Crippen molar-refractivity contribution in [1.82, 2.24) is 5.32 Å². The Kier molecular flexibility index (Phi) is 4.48. The molecule has 0 bridgehead atoms. The van der Waals surface area contributed by atoms with Crippen LogP contribution in [0.4, 0.5) is 13.2 Å². The molecule has 0 aliphatic rings. The van der Waals surface area contributed by atoms with Crippen molar-refractivity contribution in [1.29, 1.82) is 0 Å². The van der Waals surface area contributed by atoms with Gasteiger partial charge in [0.15, 0.2) is 0 Å². The van der Waals surface area contributed by atoms with Crippen LogP contribution >= 0.6 is 15.9 Å². The lowest BCUT2D eigenvalue weighted by Gasteiger charge is -2.22. The van der Waals surface area contributed by atoms with Gasteiger partial charge in [-0.1, -0.05) is 0 Å². The predicted molar refractivity (Wildman–Crippen MR) is 69.9 cm³/mol. The predicted octanol–water partition coefficient (Wildman–Crippen LogP) is 2.46. The monoisotopic (exact) mass is 352 g/mol. The molecule has 0 atom stereocenters. The van der Waals surface area contributed by atoms with Gasteiger partial charge < -0.3 is 11.1 Å². The fourth-order valence-electron chi connectivity index (χ4n) is 1.29. The average Bonchev–Trinajstić information content (AvgIpc) is 2.26. The van der Waals surface area contributed by atoms with Gasteiger partial charge in [0, 0.05) is 4.47 Å².